The first-order valence-electron chi connectivity index (χ1n) is 12.0. The molecule has 0 bridgehead atoms. The second-order valence-electron chi connectivity index (χ2n) is 9.49. The molecule has 34 heavy (non-hydrogen) atoms. The molecule has 1 saturated carbocycles. The van der Waals surface area contributed by atoms with E-state index < -0.39 is 0 Å². The van der Waals surface area contributed by atoms with E-state index in [9.17, 15) is 0 Å². The van der Waals surface area contributed by atoms with Crippen molar-refractivity contribution >= 4 is 34.3 Å². The molecular weight excluding hydrogens is 424 g/mol. The minimum atomic E-state index is 0.244. The molecule has 4 rings (SSSR count). The van der Waals surface area contributed by atoms with Crippen LogP contribution in [0.1, 0.15) is 45.6 Å². The molecule has 3 aromatic rings. The summed E-state index contributed by atoms with van der Waals surface area (Å²) in [6.45, 7) is 11.9. The zero-order chi connectivity index (χ0) is 24.2. The third-order valence-electron chi connectivity index (χ3n) is 6.41. The summed E-state index contributed by atoms with van der Waals surface area (Å²) in [6, 6.07) is 9.25. The Balaban J connectivity index is 1.62. The Kier molecular flexibility index (Phi) is 7.17. The molecule has 0 spiro atoms. The molecule has 1 aromatic carbocycles. The van der Waals surface area contributed by atoms with Crippen molar-refractivity contribution in [3.8, 4) is 0 Å². The quantitative estimate of drug-likeness (QED) is 0.361. The maximum absolute atomic E-state index is 4.87. The van der Waals surface area contributed by atoms with Gasteiger partial charge in [0.05, 0.1) is 6.33 Å². The van der Waals surface area contributed by atoms with Gasteiger partial charge in [-0.15, -0.1) is 0 Å². The summed E-state index contributed by atoms with van der Waals surface area (Å²) in [5, 5.41) is 10.3. The fourth-order valence-electron chi connectivity index (χ4n) is 4.41. The number of allylic oxidation sites excluding steroid dienone is 1. The second-order valence-corrected chi connectivity index (χ2v) is 9.49. The van der Waals surface area contributed by atoms with Crippen molar-refractivity contribution in [2.24, 2.45) is 0 Å². The van der Waals surface area contributed by atoms with Gasteiger partial charge in [-0.3, -0.25) is 0 Å². The van der Waals surface area contributed by atoms with E-state index in [1.807, 2.05) is 30.6 Å². The summed E-state index contributed by atoms with van der Waals surface area (Å²) in [7, 11) is 4.33. The zero-order valence-electron chi connectivity index (χ0n) is 20.7. The van der Waals surface area contributed by atoms with Crippen molar-refractivity contribution in [1.29, 1.82) is 0 Å². The lowest BCUT2D eigenvalue weighted by atomic mass is 9.91. The Morgan fingerprint density at radius 3 is 2.56 bits per heavy atom. The van der Waals surface area contributed by atoms with Crippen LogP contribution in [0.5, 0.6) is 0 Å². The van der Waals surface area contributed by atoms with Crippen molar-refractivity contribution in [3.05, 3.63) is 55.5 Å². The van der Waals surface area contributed by atoms with Crippen molar-refractivity contribution in [1.82, 2.24) is 24.4 Å². The van der Waals surface area contributed by atoms with Crippen LogP contribution in [-0.2, 0) is 0 Å². The van der Waals surface area contributed by atoms with Gasteiger partial charge in [0.25, 0.3) is 0 Å². The molecule has 2 heterocycles. The molecule has 0 radical (unpaired) electrons. The summed E-state index contributed by atoms with van der Waals surface area (Å²) in [5.41, 5.74) is 4.14. The average molecular weight is 461 g/mol. The summed E-state index contributed by atoms with van der Waals surface area (Å²) in [4.78, 5) is 16.7. The molecule has 0 unspecified atom stereocenters. The van der Waals surface area contributed by atoms with E-state index in [0.29, 0.717) is 23.8 Å². The number of aromatic nitrogens is 4. The fraction of sp³-hybridized carbons (Fsp3) is 0.423. The summed E-state index contributed by atoms with van der Waals surface area (Å²) in [6.07, 6.45) is 8.11. The molecule has 0 amide bonds. The van der Waals surface area contributed by atoms with E-state index in [0.717, 1.165) is 41.1 Å². The topological polar surface area (TPSA) is 82.9 Å². The highest BCUT2D eigenvalue weighted by Crippen LogP contribution is 2.29. The summed E-state index contributed by atoms with van der Waals surface area (Å²) < 4.78 is 2.09. The molecule has 8 heteroatoms. The Morgan fingerprint density at radius 2 is 1.88 bits per heavy atom. The predicted molar refractivity (Wildman–Crippen MR) is 142 cm³/mol. The fourth-order valence-corrected chi connectivity index (χ4v) is 4.41. The molecule has 0 saturated heterocycles. The monoisotopic (exact) mass is 460 g/mol. The number of hydrogen-bond acceptors (Lipinski definition) is 7. The van der Waals surface area contributed by atoms with Gasteiger partial charge >= 0.3 is 0 Å². The van der Waals surface area contributed by atoms with Crippen LogP contribution in [0, 0.1) is 0 Å². The van der Waals surface area contributed by atoms with E-state index in [4.69, 9.17) is 9.97 Å². The standard InChI is InChI=1S/C26H36N8/c1-7-18(4)28-20-9-8-10-21(15-20)29-24-23-25(34(16-27-23)17(2)3)32-26(31-24)30-19-11-13-22(14-12-19)33(5)6/h7-10,15-17,19,22,28H,1,4,11-14H2,2-3,5-6H3,(H2,29,30,31,32). The van der Waals surface area contributed by atoms with Gasteiger partial charge in [0.2, 0.25) is 5.95 Å². The summed E-state index contributed by atoms with van der Waals surface area (Å²) >= 11 is 0. The number of nitrogens with one attached hydrogen (secondary N) is 3. The molecule has 1 fully saturated rings. The van der Waals surface area contributed by atoms with Gasteiger partial charge < -0.3 is 25.4 Å². The number of anilines is 4. The van der Waals surface area contributed by atoms with Crippen molar-refractivity contribution < 1.29 is 0 Å². The highest BCUT2D eigenvalue weighted by atomic mass is 15.2. The second kappa shape index (κ2) is 10.3. The van der Waals surface area contributed by atoms with E-state index in [1.165, 1.54) is 12.8 Å². The molecule has 0 aliphatic heterocycles. The number of hydrogen-bond donors (Lipinski definition) is 3. The molecule has 3 N–H and O–H groups in total. The number of imidazole rings is 1. The maximum Gasteiger partial charge on any atom is 0.227 e. The third kappa shape index (κ3) is 5.39. The van der Waals surface area contributed by atoms with Gasteiger partial charge in [-0.2, -0.15) is 9.97 Å². The number of fused-ring (bicyclic) bond motifs is 1. The van der Waals surface area contributed by atoms with E-state index in [2.05, 4.69) is 71.5 Å². The van der Waals surface area contributed by atoms with Crippen molar-refractivity contribution in [3.63, 3.8) is 0 Å². The first-order valence-corrected chi connectivity index (χ1v) is 12.0. The number of nitrogens with zero attached hydrogens (tertiary/aromatic N) is 5. The lowest BCUT2D eigenvalue weighted by Crippen LogP contribution is -2.36. The smallest absolute Gasteiger partial charge is 0.227 e. The van der Waals surface area contributed by atoms with Crippen molar-refractivity contribution in [2.75, 3.05) is 30.0 Å². The van der Waals surface area contributed by atoms with E-state index in [1.54, 1.807) is 6.08 Å². The Bertz CT molecular complexity index is 1150. The van der Waals surface area contributed by atoms with Crippen LogP contribution in [0.15, 0.2) is 55.5 Å². The first kappa shape index (κ1) is 23.8. The zero-order valence-corrected chi connectivity index (χ0v) is 20.7. The normalized spacial score (nSPS) is 18.3. The van der Waals surface area contributed by atoms with Crippen molar-refractivity contribution in [2.45, 2.75) is 57.7 Å². The van der Waals surface area contributed by atoms with Crippen LogP contribution in [0.25, 0.3) is 11.2 Å². The molecule has 1 aliphatic rings. The van der Waals surface area contributed by atoms with Gasteiger partial charge in [0.15, 0.2) is 17.0 Å². The highest BCUT2D eigenvalue weighted by Gasteiger charge is 2.24. The lowest BCUT2D eigenvalue weighted by Gasteiger charge is -2.33. The molecule has 2 aromatic heterocycles. The Hall–Kier alpha value is -3.39. The van der Waals surface area contributed by atoms with Gasteiger partial charge in [0.1, 0.15) is 0 Å². The lowest BCUT2D eigenvalue weighted by molar-refractivity contribution is 0.221. The molecule has 1 aliphatic carbocycles. The van der Waals surface area contributed by atoms with Crippen LogP contribution in [-0.4, -0.2) is 50.6 Å². The average Bonchev–Trinajstić information content (AvgIpc) is 3.24. The SMILES string of the molecule is C=CC(=C)Nc1cccc(Nc2nc(NC3CCC(N(C)C)CC3)nc3c2ncn3C(C)C)c1. The van der Waals surface area contributed by atoms with Crippen LogP contribution < -0.4 is 16.0 Å². The molecular formula is C26H36N8. The van der Waals surface area contributed by atoms with Crippen LogP contribution >= 0.6 is 0 Å². The predicted octanol–water partition coefficient (Wildman–Crippen LogP) is 5.55. The number of rotatable bonds is 9. The third-order valence-corrected chi connectivity index (χ3v) is 6.41. The van der Waals surface area contributed by atoms with Gasteiger partial charge in [-0.1, -0.05) is 19.2 Å². The van der Waals surface area contributed by atoms with E-state index >= 15 is 0 Å². The van der Waals surface area contributed by atoms with Crippen LogP contribution in [0.3, 0.4) is 0 Å². The molecule has 0 atom stereocenters. The Labute approximate surface area is 202 Å². The highest BCUT2D eigenvalue weighted by molar-refractivity contribution is 5.87. The van der Waals surface area contributed by atoms with E-state index in [-0.39, 0.29) is 6.04 Å². The maximum atomic E-state index is 4.87. The van der Waals surface area contributed by atoms with Crippen LogP contribution in [0.4, 0.5) is 23.1 Å². The summed E-state index contributed by atoms with van der Waals surface area (Å²) in [5.74, 6) is 1.33. The Morgan fingerprint density at radius 1 is 1.15 bits per heavy atom. The molecule has 180 valence electrons. The molecule has 8 nitrogen and oxygen atoms in total. The van der Waals surface area contributed by atoms with Gasteiger partial charge in [0, 0.05) is 35.2 Å². The largest absolute Gasteiger partial charge is 0.356 e. The minimum absolute atomic E-state index is 0.244. The minimum Gasteiger partial charge on any atom is -0.356 e. The van der Waals surface area contributed by atoms with Gasteiger partial charge in [-0.25, -0.2) is 4.98 Å². The first-order chi connectivity index (χ1) is 16.3. The van der Waals surface area contributed by atoms with Crippen LogP contribution in [0.2, 0.25) is 0 Å². The number of benzene rings is 1. The van der Waals surface area contributed by atoms with Gasteiger partial charge in [-0.05, 0) is 77.9 Å².